The number of benzene rings is 1. The van der Waals surface area contributed by atoms with Gasteiger partial charge in [-0.1, -0.05) is 54.4 Å². The number of allylic oxidation sites excluding steroid dienone is 1. The summed E-state index contributed by atoms with van der Waals surface area (Å²) in [5.74, 6) is 0. The Morgan fingerprint density at radius 3 is 2.44 bits per heavy atom. The molecule has 3 heteroatoms. The third kappa shape index (κ3) is 4.13. The zero-order valence-corrected chi connectivity index (χ0v) is 16.9. The van der Waals surface area contributed by atoms with E-state index in [4.69, 9.17) is 11.6 Å². The van der Waals surface area contributed by atoms with E-state index in [0.29, 0.717) is 6.04 Å². The topological polar surface area (TPSA) is 6.48 Å². The summed E-state index contributed by atoms with van der Waals surface area (Å²) < 4.78 is 0. The van der Waals surface area contributed by atoms with Crippen LogP contribution in [0, 0.1) is 0 Å². The van der Waals surface area contributed by atoms with Gasteiger partial charge in [0.15, 0.2) is 0 Å². The van der Waals surface area contributed by atoms with Gasteiger partial charge in [0.1, 0.15) is 5.00 Å². The van der Waals surface area contributed by atoms with E-state index in [-0.39, 0.29) is 5.00 Å². The fourth-order valence-corrected chi connectivity index (χ4v) is 4.87. The summed E-state index contributed by atoms with van der Waals surface area (Å²) in [6.07, 6.45) is 6.16. The molecule has 138 valence electrons. The van der Waals surface area contributed by atoms with Crippen molar-refractivity contribution < 1.29 is 0 Å². The molecule has 0 bridgehead atoms. The van der Waals surface area contributed by atoms with Gasteiger partial charge in [-0.2, -0.15) is 0 Å². The number of rotatable bonds is 6. The average Bonchev–Trinajstić information content (AvgIpc) is 3.31. The van der Waals surface area contributed by atoms with E-state index in [0.717, 1.165) is 26.1 Å². The Labute approximate surface area is 158 Å². The van der Waals surface area contributed by atoms with Crippen molar-refractivity contribution in [3.8, 4) is 0 Å². The number of halogens is 1. The van der Waals surface area contributed by atoms with Crippen molar-refractivity contribution in [1.82, 2.24) is 9.80 Å². The van der Waals surface area contributed by atoms with Gasteiger partial charge in [-0.05, 0) is 63.6 Å². The predicted octanol–water partition coefficient (Wildman–Crippen LogP) is 5.60. The summed E-state index contributed by atoms with van der Waals surface area (Å²) >= 11 is 7.20. The minimum Gasteiger partial charge on any atom is -0.292 e. The zero-order valence-electron chi connectivity index (χ0n) is 16.1. The summed E-state index contributed by atoms with van der Waals surface area (Å²) in [7, 11) is 0. The first-order valence-corrected chi connectivity index (χ1v) is 10.3. The number of hydrogen-bond acceptors (Lipinski definition) is 2. The summed E-state index contributed by atoms with van der Waals surface area (Å²) in [5, 5.41) is 0. The van der Waals surface area contributed by atoms with Gasteiger partial charge < -0.3 is 0 Å². The summed E-state index contributed by atoms with van der Waals surface area (Å²) in [4.78, 5) is 4.79. The molecule has 2 atom stereocenters. The number of likely N-dealkylation sites (tertiary alicyclic amines) is 2. The molecule has 2 fully saturated rings. The first-order valence-electron chi connectivity index (χ1n) is 9.96. The second-order valence-electron chi connectivity index (χ2n) is 7.80. The van der Waals surface area contributed by atoms with Crippen molar-refractivity contribution in [2.24, 2.45) is 0 Å². The molecule has 0 amide bonds. The van der Waals surface area contributed by atoms with Crippen LogP contribution in [-0.4, -0.2) is 41.0 Å². The van der Waals surface area contributed by atoms with Crippen LogP contribution in [0.15, 0.2) is 41.5 Å². The Kier molecular flexibility index (Phi) is 6.25. The summed E-state index contributed by atoms with van der Waals surface area (Å²) in [6.45, 7) is 11.2. The number of nitrogens with zero attached hydrogens (tertiary/aromatic N) is 2. The lowest BCUT2D eigenvalue weighted by Crippen LogP contribution is -2.45. The van der Waals surface area contributed by atoms with E-state index in [1.54, 1.807) is 0 Å². The van der Waals surface area contributed by atoms with Crippen molar-refractivity contribution in [2.75, 3.05) is 26.2 Å². The molecule has 0 aromatic heterocycles. The molecular weight excluding hydrogens is 328 g/mol. The highest BCUT2D eigenvalue weighted by atomic mass is 35.5. The van der Waals surface area contributed by atoms with E-state index >= 15 is 0 Å². The molecule has 0 spiro atoms. The van der Waals surface area contributed by atoms with Crippen LogP contribution in [0.4, 0.5) is 0 Å². The zero-order chi connectivity index (χ0) is 17.9. The van der Waals surface area contributed by atoms with E-state index in [1.807, 2.05) is 0 Å². The van der Waals surface area contributed by atoms with Crippen LogP contribution in [0.3, 0.4) is 0 Å². The minimum absolute atomic E-state index is 0.347. The van der Waals surface area contributed by atoms with Crippen LogP contribution in [0.1, 0.15) is 64.5 Å². The molecule has 2 unspecified atom stereocenters. The first kappa shape index (κ1) is 18.9. The number of alkyl halides is 1. The molecule has 0 saturated carbocycles. The lowest BCUT2D eigenvalue weighted by atomic mass is 9.97. The molecule has 2 heterocycles. The molecule has 2 aliphatic rings. The van der Waals surface area contributed by atoms with Crippen LogP contribution in [0.25, 0.3) is 0 Å². The van der Waals surface area contributed by atoms with Gasteiger partial charge in [0.05, 0.1) is 0 Å². The van der Waals surface area contributed by atoms with E-state index < -0.39 is 0 Å². The van der Waals surface area contributed by atoms with Crippen LogP contribution < -0.4 is 0 Å². The Morgan fingerprint density at radius 2 is 1.80 bits per heavy atom. The highest BCUT2D eigenvalue weighted by Gasteiger charge is 2.38. The maximum atomic E-state index is 7.20. The van der Waals surface area contributed by atoms with Crippen molar-refractivity contribution in [3.05, 3.63) is 47.0 Å². The Balaban J connectivity index is 1.83. The molecule has 0 aliphatic carbocycles. The molecule has 2 aliphatic heterocycles. The van der Waals surface area contributed by atoms with Crippen LogP contribution in [-0.2, 0) is 0 Å². The Morgan fingerprint density at radius 1 is 1.12 bits per heavy atom. The van der Waals surface area contributed by atoms with Gasteiger partial charge in [0.25, 0.3) is 0 Å². The molecule has 0 radical (unpaired) electrons. The van der Waals surface area contributed by atoms with Gasteiger partial charge in [-0.25, -0.2) is 0 Å². The van der Waals surface area contributed by atoms with Gasteiger partial charge in [0.2, 0.25) is 0 Å². The first-order chi connectivity index (χ1) is 12.0. The highest BCUT2D eigenvalue weighted by Crippen LogP contribution is 2.39. The third-order valence-electron chi connectivity index (χ3n) is 6.21. The molecule has 3 rings (SSSR count). The minimum atomic E-state index is -0.347. The SMILES string of the molecule is CCC(C)=C(CN1CCCC1c1ccccc1)C(C)(Cl)N1CCCC1. The summed E-state index contributed by atoms with van der Waals surface area (Å²) in [5.41, 5.74) is 4.34. The van der Waals surface area contributed by atoms with Crippen molar-refractivity contribution in [2.45, 2.75) is 63.9 Å². The Bertz CT molecular complexity index is 587. The smallest absolute Gasteiger partial charge is 0.116 e. The fraction of sp³-hybridized carbons (Fsp3) is 0.636. The molecule has 0 N–H and O–H groups in total. The molecule has 2 saturated heterocycles. The molecule has 25 heavy (non-hydrogen) atoms. The fourth-order valence-electron chi connectivity index (χ4n) is 4.48. The third-order valence-corrected chi connectivity index (χ3v) is 6.67. The lowest BCUT2D eigenvalue weighted by Gasteiger charge is -2.39. The van der Waals surface area contributed by atoms with Gasteiger partial charge in [0, 0.05) is 25.7 Å². The standard InChI is InChI=1S/C22H33ClN2/c1-4-18(2)20(22(3,23)25-15-8-9-16-25)17-24-14-10-13-21(24)19-11-6-5-7-12-19/h5-7,11-12,21H,4,8-10,13-17H2,1-3H3. The lowest BCUT2D eigenvalue weighted by molar-refractivity contribution is 0.216. The quantitative estimate of drug-likeness (QED) is 0.370. The largest absolute Gasteiger partial charge is 0.292 e. The molecular formula is C22H33ClN2. The van der Waals surface area contributed by atoms with Gasteiger partial charge in [-0.15, -0.1) is 0 Å². The normalized spacial score (nSPS) is 25.8. The highest BCUT2D eigenvalue weighted by molar-refractivity contribution is 6.25. The van der Waals surface area contributed by atoms with Crippen molar-refractivity contribution in [1.29, 1.82) is 0 Å². The average molecular weight is 361 g/mol. The Hall–Kier alpha value is -0.830. The van der Waals surface area contributed by atoms with Gasteiger partial charge >= 0.3 is 0 Å². The van der Waals surface area contributed by atoms with E-state index in [9.17, 15) is 0 Å². The number of hydrogen-bond donors (Lipinski definition) is 0. The maximum absolute atomic E-state index is 7.20. The monoisotopic (exact) mass is 360 g/mol. The summed E-state index contributed by atoms with van der Waals surface area (Å²) in [6, 6.07) is 11.5. The van der Waals surface area contributed by atoms with Gasteiger partial charge in [-0.3, -0.25) is 9.80 Å². The molecule has 1 aromatic rings. The van der Waals surface area contributed by atoms with Crippen molar-refractivity contribution in [3.63, 3.8) is 0 Å². The van der Waals surface area contributed by atoms with E-state index in [2.05, 4.69) is 60.9 Å². The van der Waals surface area contributed by atoms with Crippen LogP contribution in [0.5, 0.6) is 0 Å². The maximum Gasteiger partial charge on any atom is 0.116 e. The van der Waals surface area contributed by atoms with E-state index in [1.165, 1.54) is 48.9 Å². The van der Waals surface area contributed by atoms with Crippen molar-refractivity contribution >= 4 is 11.6 Å². The van der Waals surface area contributed by atoms with Crippen LogP contribution in [0.2, 0.25) is 0 Å². The molecule has 2 nitrogen and oxygen atoms in total. The second-order valence-corrected chi connectivity index (χ2v) is 8.54. The second kappa shape index (κ2) is 8.24. The predicted molar refractivity (Wildman–Crippen MR) is 108 cm³/mol. The molecule has 1 aromatic carbocycles. The van der Waals surface area contributed by atoms with Crippen LogP contribution >= 0.6 is 11.6 Å².